The smallest absolute Gasteiger partial charge is 0.335 e. The highest BCUT2D eigenvalue weighted by molar-refractivity contribution is 7.88. The average Bonchev–Trinajstić information content (AvgIpc) is 2.26. The van der Waals surface area contributed by atoms with Crippen LogP contribution in [0.15, 0.2) is 24.3 Å². The van der Waals surface area contributed by atoms with E-state index in [1.807, 2.05) is 0 Å². The van der Waals surface area contributed by atoms with E-state index in [1.54, 1.807) is 19.9 Å². The van der Waals surface area contributed by atoms with Crippen LogP contribution in [0.25, 0.3) is 0 Å². The van der Waals surface area contributed by atoms with Gasteiger partial charge in [0, 0.05) is 12.1 Å². The van der Waals surface area contributed by atoms with E-state index < -0.39 is 21.5 Å². The number of carbonyl (C=O) groups is 1. The monoisotopic (exact) mass is 301 g/mol. The van der Waals surface area contributed by atoms with Gasteiger partial charge in [-0.25, -0.2) is 17.9 Å². The van der Waals surface area contributed by atoms with Crippen molar-refractivity contribution in [2.45, 2.75) is 31.6 Å². The van der Waals surface area contributed by atoms with Gasteiger partial charge in [-0.1, -0.05) is 12.1 Å². The molecular formula is C13H19NO5S. The van der Waals surface area contributed by atoms with Gasteiger partial charge < -0.3 is 10.2 Å². The summed E-state index contributed by atoms with van der Waals surface area (Å²) in [6, 6.07) is 5.81. The van der Waals surface area contributed by atoms with Gasteiger partial charge in [-0.15, -0.1) is 0 Å². The first-order valence-corrected chi connectivity index (χ1v) is 7.75. The van der Waals surface area contributed by atoms with Gasteiger partial charge in [0.2, 0.25) is 10.0 Å². The molecule has 0 radical (unpaired) electrons. The van der Waals surface area contributed by atoms with Crippen LogP contribution in [0.2, 0.25) is 0 Å². The van der Waals surface area contributed by atoms with Crippen molar-refractivity contribution in [2.24, 2.45) is 0 Å². The molecule has 0 amide bonds. The zero-order valence-corrected chi connectivity index (χ0v) is 12.3. The number of carboxylic acid groups (broad SMARTS) is 1. The van der Waals surface area contributed by atoms with E-state index in [0.717, 1.165) is 0 Å². The predicted octanol–water partition coefficient (Wildman–Crippen LogP) is 0.965. The number of rotatable bonds is 7. The van der Waals surface area contributed by atoms with E-state index in [-0.39, 0.29) is 17.9 Å². The number of benzene rings is 1. The molecule has 0 bridgehead atoms. The highest BCUT2D eigenvalue weighted by atomic mass is 32.2. The average molecular weight is 301 g/mol. The minimum Gasteiger partial charge on any atom is -0.478 e. The molecule has 20 heavy (non-hydrogen) atoms. The number of sulfonamides is 1. The molecule has 0 spiro atoms. The summed E-state index contributed by atoms with van der Waals surface area (Å²) in [5.74, 6) is -1.40. The number of hydrogen-bond acceptors (Lipinski definition) is 4. The van der Waals surface area contributed by atoms with Gasteiger partial charge in [0.05, 0.1) is 11.3 Å². The molecule has 0 heterocycles. The maximum atomic E-state index is 12.0. The summed E-state index contributed by atoms with van der Waals surface area (Å²) >= 11 is 0. The van der Waals surface area contributed by atoms with Crippen molar-refractivity contribution >= 4 is 16.0 Å². The molecule has 1 aromatic rings. The van der Waals surface area contributed by atoms with Crippen molar-refractivity contribution in [1.82, 2.24) is 4.72 Å². The quantitative estimate of drug-likeness (QED) is 0.696. The molecule has 0 aliphatic rings. The van der Waals surface area contributed by atoms with Crippen LogP contribution < -0.4 is 4.72 Å². The van der Waals surface area contributed by atoms with Crippen molar-refractivity contribution in [1.29, 1.82) is 0 Å². The first-order valence-electron chi connectivity index (χ1n) is 6.10. The van der Waals surface area contributed by atoms with Crippen LogP contribution in [0.5, 0.6) is 0 Å². The van der Waals surface area contributed by atoms with Crippen LogP contribution in [0.1, 0.15) is 36.2 Å². The number of hydrogen-bond donors (Lipinski definition) is 3. The summed E-state index contributed by atoms with van der Waals surface area (Å²) in [7, 11) is -3.61. The molecule has 1 aromatic carbocycles. The first kappa shape index (κ1) is 16.6. The fraction of sp³-hybridized carbons (Fsp3) is 0.462. The molecule has 6 nitrogen and oxygen atoms in total. The van der Waals surface area contributed by atoms with Crippen LogP contribution in [0.4, 0.5) is 0 Å². The highest BCUT2D eigenvalue weighted by Crippen LogP contribution is 2.13. The second-order valence-electron chi connectivity index (χ2n) is 5.22. The zero-order chi connectivity index (χ0) is 15.4. The SMILES string of the molecule is CC(C)(CCO)NS(=O)(=O)Cc1cccc(C(=O)O)c1. The van der Waals surface area contributed by atoms with Crippen LogP contribution >= 0.6 is 0 Å². The topological polar surface area (TPSA) is 104 Å². The Morgan fingerprint density at radius 2 is 2.00 bits per heavy atom. The summed E-state index contributed by atoms with van der Waals surface area (Å²) in [5, 5.41) is 17.8. The van der Waals surface area contributed by atoms with Gasteiger partial charge in [0.15, 0.2) is 0 Å². The Morgan fingerprint density at radius 3 is 2.55 bits per heavy atom. The Labute approximate surface area is 118 Å². The molecule has 7 heteroatoms. The molecule has 0 aliphatic carbocycles. The summed E-state index contributed by atoms with van der Waals surface area (Å²) in [5.41, 5.74) is -0.303. The minimum absolute atomic E-state index is 0.0484. The van der Waals surface area contributed by atoms with Gasteiger partial charge in [0.1, 0.15) is 0 Å². The van der Waals surface area contributed by atoms with Crippen LogP contribution in [-0.2, 0) is 15.8 Å². The summed E-state index contributed by atoms with van der Waals surface area (Å²) in [6.45, 7) is 3.23. The van der Waals surface area contributed by atoms with Gasteiger partial charge in [-0.05, 0) is 38.0 Å². The second kappa shape index (κ2) is 6.34. The third-order valence-electron chi connectivity index (χ3n) is 2.70. The highest BCUT2D eigenvalue weighted by Gasteiger charge is 2.24. The largest absolute Gasteiger partial charge is 0.478 e. The fourth-order valence-electron chi connectivity index (χ4n) is 1.80. The number of aliphatic hydroxyl groups is 1. The van der Waals surface area contributed by atoms with Crippen LogP contribution in [0.3, 0.4) is 0 Å². The fourth-order valence-corrected chi connectivity index (χ4v) is 3.44. The van der Waals surface area contributed by atoms with Gasteiger partial charge in [-0.2, -0.15) is 0 Å². The van der Waals surface area contributed by atoms with Crippen molar-refractivity contribution in [3.05, 3.63) is 35.4 Å². The molecule has 0 aliphatic heterocycles. The van der Waals surface area contributed by atoms with E-state index in [0.29, 0.717) is 12.0 Å². The van der Waals surface area contributed by atoms with Crippen molar-refractivity contribution in [3.8, 4) is 0 Å². The van der Waals surface area contributed by atoms with Gasteiger partial charge >= 0.3 is 5.97 Å². The molecule has 0 saturated heterocycles. The molecule has 0 unspecified atom stereocenters. The van der Waals surface area contributed by atoms with Crippen molar-refractivity contribution in [3.63, 3.8) is 0 Å². The van der Waals surface area contributed by atoms with E-state index in [2.05, 4.69) is 4.72 Å². The predicted molar refractivity (Wildman–Crippen MR) is 74.9 cm³/mol. The molecule has 3 N–H and O–H groups in total. The second-order valence-corrected chi connectivity index (χ2v) is 6.95. The van der Waals surface area contributed by atoms with Crippen LogP contribution in [-0.4, -0.2) is 36.7 Å². The summed E-state index contributed by atoms with van der Waals surface area (Å²) in [6.07, 6.45) is 0.293. The minimum atomic E-state index is -3.61. The maximum Gasteiger partial charge on any atom is 0.335 e. The molecule has 1 rings (SSSR count). The standard InChI is InChI=1S/C13H19NO5S/c1-13(2,6-7-15)14-20(18,19)9-10-4-3-5-11(8-10)12(16)17/h3-5,8,14-15H,6-7,9H2,1-2H3,(H,16,17). The lowest BCUT2D eigenvalue weighted by molar-refractivity contribution is 0.0696. The maximum absolute atomic E-state index is 12.0. The molecular weight excluding hydrogens is 282 g/mol. The van der Waals surface area contributed by atoms with Gasteiger partial charge in [0.25, 0.3) is 0 Å². The Hall–Kier alpha value is -1.44. The third-order valence-corrected chi connectivity index (χ3v) is 4.28. The first-order chi connectivity index (χ1) is 9.15. The van der Waals surface area contributed by atoms with Gasteiger partial charge in [-0.3, -0.25) is 0 Å². The summed E-state index contributed by atoms with van der Waals surface area (Å²) in [4.78, 5) is 10.8. The number of nitrogens with one attached hydrogen (secondary N) is 1. The Morgan fingerprint density at radius 1 is 1.35 bits per heavy atom. The normalized spacial score (nSPS) is 12.3. The molecule has 0 saturated carbocycles. The number of carboxylic acids is 1. The Balaban J connectivity index is 2.86. The lowest BCUT2D eigenvalue weighted by atomic mass is 10.0. The van der Waals surface area contributed by atoms with Crippen molar-refractivity contribution < 1.29 is 23.4 Å². The lowest BCUT2D eigenvalue weighted by Crippen LogP contribution is -2.44. The zero-order valence-electron chi connectivity index (χ0n) is 11.5. The van der Waals surface area contributed by atoms with E-state index in [4.69, 9.17) is 10.2 Å². The Kier molecular flexibility index (Phi) is 5.27. The molecule has 0 aromatic heterocycles. The van der Waals surface area contributed by atoms with E-state index in [1.165, 1.54) is 18.2 Å². The number of aromatic carboxylic acids is 1. The molecule has 0 atom stereocenters. The summed E-state index contributed by atoms with van der Waals surface area (Å²) < 4.78 is 26.6. The third kappa shape index (κ3) is 5.28. The Bertz CT molecular complexity index is 580. The molecule has 0 fully saturated rings. The van der Waals surface area contributed by atoms with E-state index in [9.17, 15) is 13.2 Å². The van der Waals surface area contributed by atoms with Crippen LogP contribution in [0, 0.1) is 0 Å². The number of aliphatic hydroxyl groups excluding tert-OH is 1. The van der Waals surface area contributed by atoms with Crippen molar-refractivity contribution in [2.75, 3.05) is 6.61 Å². The lowest BCUT2D eigenvalue weighted by Gasteiger charge is -2.25. The molecule has 112 valence electrons. The van der Waals surface area contributed by atoms with E-state index >= 15 is 0 Å².